The average molecular weight is 370 g/mol. The number of halogens is 1. The molecule has 0 aliphatic heterocycles. The predicted molar refractivity (Wildman–Crippen MR) is 103 cm³/mol. The van der Waals surface area contributed by atoms with Gasteiger partial charge in [-0.1, -0.05) is 18.5 Å². The van der Waals surface area contributed by atoms with Crippen LogP contribution in [0.1, 0.15) is 45.8 Å². The summed E-state index contributed by atoms with van der Waals surface area (Å²) in [7, 11) is 1.59. The predicted octanol–water partition coefficient (Wildman–Crippen LogP) is 4.35. The van der Waals surface area contributed by atoms with Crippen LogP contribution < -0.4 is 10.5 Å². The zero-order chi connectivity index (χ0) is 18.8. The highest BCUT2D eigenvalue weighted by Gasteiger charge is 2.20. The number of pyridine rings is 1. The zero-order valence-corrected chi connectivity index (χ0v) is 15.6. The summed E-state index contributed by atoms with van der Waals surface area (Å²) in [6.07, 6.45) is 1.58. The number of benzene rings is 1. The molecule has 6 heteroatoms. The molecule has 0 bridgehead atoms. The molecule has 0 amide bonds. The monoisotopic (exact) mass is 369 g/mol. The normalized spacial score (nSPS) is 12.0. The van der Waals surface area contributed by atoms with Crippen molar-refractivity contribution in [2.45, 2.75) is 19.8 Å². The summed E-state index contributed by atoms with van der Waals surface area (Å²) in [6, 6.07) is 10.7. The first-order chi connectivity index (χ1) is 12.4. The van der Waals surface area contributed by atoms with Crippen molar-refractivity contribution in [1.82, 2.24) is 9.97 Å². The summed E-state index contributed by atoms with van der Waals surface area (Å²) < 4.78 is 5.14. The van der Waals surface area contributed by atoms with Gasteiger partial charge in [-0.2, -0.15) is 0 Å². The number of H-pyrrole nitrogens is 1. The number of anilines is 1. The molecule has 1 atom stereocenters. The number of aryl methyl sites for hydroxylation is 1. The molecule has 2 aromatic heterocycles. The second kappa shape index (κ2) is 7.22. The van der Waals surface area contributed by atoms with Crippen molar-refractivity contribution < 1.29 is 9.53 Å². The summed E-state index contributed by atoms with van der Waals surface area (Å²) >= 11 is 6.27. The Morgan fingerprint density at radius 3 is 2.58 bits per heavy atom. The number of rotatable bonds is 5. The third-order valence-corrected chi connectivity index (χ3v) is 4.69. The number of nitrogens with two attached hydrogens (primary N) is 1. The van der Waals surface area contributed by atoms with Crippen molar-refractivity contribution >= 4 is 23.1 Å². The van der Waals surface area contributed by atoms with E-state index in [0.717, 1.165) is 11.3 Å². The summed E-state index contributed by atoms with van der Waals surface area (Å²) in [4.78, 5) is 20.4. The molecule has 1 unspecified atom stereocenters. The van der Waals surface area contributed by atoms with Crippen LogP contribution in [0.2, 0.25) is 5.02 Å². The number of nitrogens with zero attached hydrogens (tertiary/aromatic N) is 1. The number of aromatic nitrogens is 2. The lowest BCUT2D eigenvalue weighted by Crippen LogP contribution is -2.05. The van der Waals surface area contributed by atoms with E-state index in [4.69, 9.17) is 22.1 Å². The summed E-state index contributed by atoms with van der Waals surface area (Å²) in [5.74, 6) is 0.544. The first-order valence-electron chi connectivity index (χ1n) is 8.20. The first kappa shape index (κ1) is 18.0. The van der Waals surface area contributed by atoms with Gasteiger partial charge in [0.15, 0.2) is 0 Å². The number of hydrogen-bond donors (Lipinski definition) is 2. The Bertz CT molecular complexity index is 948. The minimum atomic E-state index is -0.0979. The molecule has 0 aliphatic carbocycles. The van der Waals surface area contributed by atoms with Crippen molar-refractivity contribution in [3.8, 4) is 5.75 Å². The van der Waals surface area contributed by atoms with Crippen LogP contribution in [0, 0.1) is 6.92 Å². The van der Waals surface area contributed by atoms with Gasteiger partial charge in [0.1, 0.15) is 5.75 Å². The Labute approximate surface area is 157 Å². The molecule has 0 fully saturated rings. The number of carbonyl (C=O) groups excluding carboxylic acids is 1. The number of aromatic amines is 1. The molecule has 1 aromatic carbocycles. The van der Waals surface area contributed by atoms with Crippen LogP contribution in [-0.2, 0) is 0 Å². The molecule has 0 saturated heterocycles. The van der Waals surface area contributed by atoms with Crippen LogP contribution in [0.25, 0.3) is 0 Å². The van der Waals surface area contributed by atoms with Crippen molar-refractivity contribution in [1.29, 1.82) is 0 Å². The SMILES string of the molecule is COc1ccc(C(=O)c2[nH]c(C(C)c3ncc(N)cc3Cl)cc2C)cc1. The van der Waals surface area contributed by atoms with E-state index in [1.165, 1.54) is 0 Å². The number of nitrogen functional groups attached to an aromatic ring is 1. The number of ketones is 1. The van der Waals surface area contributed by atoms with Crippen LogP contribution in [0.4, 0.5) is 5.69 Å². The topological polar surface area (TPSA) is 81.0 Å². The smallest absolute Gasteiger partial charge is 0.209 e. The Morgan fingerprint density at radius 1 is 1.27 bits per heavy atom. The van der Waals surface area contributed by atoms with Crippen LogP contribution in [-0.4, -0.2) is 22.9 Å². The maximum absolute atomic E-state index is 12.8. The molecule has 26 heavy (non-hydrogen) atoms. The minimum Gasteiger partial charge on any atom is -0.497 e. The lowest BCUT2D eigenvalue weighted by Gasteiger charge is -2.11. The van der Waals surface area contributed by atoms with Gasteiger partial charge < -0.3 is 15.5 Å². The Kier molecular flexibility index (Phi) is 5.00. The van der Waals surface area contributed by atoms with Gasteiger partial charge in [0, 0.05) is 17.2 Å². The first-order valence-corrected chi connectivity index (χ1v) is 8.57. The fraction of sp³-hybridized carbons (Fsp3) is 0.200. The van der Waals surface area contributed by atoms with Gasteiger partial charge in [-0.25, -0.2) is 0 Å². The van der Waals surface area contributed by atoms with Crippen LogP contribution in [0.15, 0.2) is 42.6 Å². The van der Waals surface area contributed by atoms with Gasteiger partial charge in [0.2, 0.25) is 5.78 Å². The molecule has 0 spiro atoms. The van der Waals surface area contributed by atoms with E-state index >= 15 is 0 Å². The third kappa shape index (κ3) is 3.44. The fourth-order valence-corrected chi connectivity index (χ4v) is 3.21. The second-order valence-electron chi connectivity index (χ2n) is 6.20. The van der Waals surface area contributed by atoms with E-state index in [0.29, 0.717) is 33.4 Å². The molecular weight excluding hydrogens is 350 g/mol. The molecule has 3 aromatic rings. The minimum absolute atomic E-state index is 0.0695. The van der Waals surface area contributed by atoms with E-state index in [1.54, 1.807) is 43.6 Å². The van der Waals surface area contributed by atoms with Crippen LogP contribution in [0.3, 0.4) is 0 Å². The maximum Gasteiger partial charge on any atom is 0.209 e. The molecule has 0 saturated carbocycles. The Balaban J connectivity index is 1.91. The molecule has 2 heterocycles. The summed E-state index contributed by atoms with van der Waals surface area (Å²) in [5.41, 5.74) is 9.84. The highest BCUT2D eigenvalue weighted by atomic mass is 35.5. The average Bonchev–Trinajstić information content (AvgIpc) is 3.02. The molecule has 3 rings (SSSR count). The van der Waals surface area contributed by atoms with Gasteiger partial charge in [-0.3, -0.25) is 9.78 Å². The molecule has 0 aliphatic rings. The number of nitrogens with one attached hydrogen (secondary N) is 1. The summed E-state index contributed by atoms with van der Waals surface area (Å²) in [5, 5.41) is 0.507. The van der Waals surface area contributed by atoms with Crippen LogP contribution in [0.5, 0.6) is 5.75 Å². The largest absolute Gasteiger partial charge is 0.497 e. The summed E-state index contributed by atoms with van der Waals surface area (Å²) in [6.45, 7) is 3.89. The van der Waals surface area contributed by atoms with E-state index in [1.807, 2.05) is 19.9 Å². The van der Waals surface area contributed by atoms with Gasteiger partial charge in [-0.15, -0.1) is 0 Å². The molecule has 5 nitrogen and oxygen atoms in total. The van der Waals surface area contributed by atoms with Crippen LogP contribution >= 0.6 is 11.6 Å². The fourth-order valence-electron chi connectivity index (χ4n) is 2.87. The van der Waals surface area contributed by atoms with Crippen molar-refractivity contribution in [2.75, 3.05) is 12.8 Å². The maximum atomic E-state index is 12.8. The Morgan fingerprint density at radius 2 is 1.96 bits per heavy atom. The van der Waals surface area contributed by atoms with Gasteiger partial charge in [-0.05, 0) is 48.9 Å². The zero-order valence-electron chi connectivity index (χ0n) is 14.8. The van der Waals surface area contributed by atoms with E-state index in [-0.39, 0.29) is 11.7 Å². The molecule has 0 radical (unpaired) electrons. The quantitative estimate of drug-likeness (QED) is 0.655. The molecule has 134 valence electrons. The van der Waals surface area contributed by atoms with Gasteiger partial charge >= 0.3 is 0 Å². The highest BCUT2D eigenvalue weighted by molar-refractivity contribution is 6.31. The number of carbonyl (C=O) groups is 1. The van der Waals surface area contributed by atoms with E-state index in [2.05, 4.69) is 9.97 Å². The number of hydrogen-bond acceptors (Lipinski definition) is 4. The van der Waals surface area contributed by atoms with Crippen molar-refractivity contribution in [3.05, 3.63) is 75.8 Å². The van der Waals surface area contributed by atoms with Gasteiger partial charge in [0.25, 0.3) is 0 Å². The highest BCUT2D eigenvalue weighted by Crippen LogP contribution is 2.30. The van der Waals surface area contributed by atoms with Gasteiger partial charge in [0.05, 0.1) is 35.4 Å². The Hall–Kier alpha value is -2.79. The standard InChI is InChI=1S/C20H20ClN3O2/c1-11-8-17(12(2)19-16(21)9-14(22)10-23-19)24-18(11)20(25)13-4-6-15(26-3)7-5-13/h4-10,12,24H,22H2,1-3H3. The van der Waals surface area contributed by atoms with E-state index < -0.39 is 0 Å². The number of methoxy groups -OCH3 is 1. The van der Waals surface area contributed by atoms with Crippen molar-refractivity contribution in [3.63, 3.8) is 0 Å². The molecule has 3 N–H and O–H groups in total. The van der Waals surface area contributed by atoms with E-state index in [9.17, 15) is 4.79 Å². The number of ether oxygens (including phenoxy) is 1. The second-order valence-corrected chi connectivity index (χ2v) is 6.60. The third-order valence-electron chi connectivity index (χ3n) is 4.38. The molecular formula is C20H20ClN3O2. The lowest BCUT2D eigenvalue weighted by atomic mass is 10.0. The lowest BCUT2D eigenvalue weighted by molar-refractivity contribution is 0.103. The van der Waals surface area contributed by atoms with Crippen molar-refractivity contribution in [2.24, 2.45) is 0 Å².